The monoisotopic (exact) mass is 201 g/mol. The Morgan fingerprint density at radius 3 is 2.71 bits per heavy atom. The average molecular weight is 201 g/mol. The van der Waals surface area contributed by atoms with E-state index < -0.39 is 5.56 Å². The molecule has 0 amide bonds. The molecule has 1 heterocycles. The lowest BCUT2D eigenvalue weighted by molar-refractivity contribution is 0.175. The smallest absolute Gasteiger partial charge is 0.295 e. The Morgan fingerprint density at radius 2 is 2.14 bits per heavy atom. The summed E-state index contributed by atoms with van der Waals surface area (Å²) in [6.45, 7) is -0.239. The van der Waals surface area contributed by atoms with Crippen LogP contribution in [-0.2, 0) is 0 Å². The summed E-state index contributed by atoms with van der Waals surface area (Å²) in [5.74, 6) is -0.346. The van der Waals surface area contributed by atoms with Gasteiger partial charge in [-0.3, -0.25) is 9.79 Å². The number of aliphatic hydroxyl groups excluding tert-OH is 1. The van der Waals surface area contributed by atoms with E-state index in [1.165, 1.54) is 0 Å². The molecule has 1 aromatic heterocycles. The van der Waals surface area contributed by atoms with Gasteiger partial charge in [-0.15, -0.1) is 4.73 Å². The van der Waals surface area contributed by atoms with Crippen LogP contribution in [0.2, 0.25) is 0 Å². The molecule has 14 heavy (non-hydrogen) atoms. The van der Waals surface area contributed by atoms with Gasteiger partial charge in [0, 0.05) is 0 Å². The summed E-state index contributed by atoms with van der Waals surface area (Å²) in [6.07, 6.45) is 0. The second kappa shape index (κ2) is 3.83. The Morgan fingerprint density at radius 1 is 1.50 bits per heavy atom. The highest BCUT2D eigenvalue weighted by molar-refractivity contribution is 5.51. The van der Waals surface area contributed by atoms with Crippen LogP contribution in [0.15, 0.2) is 9.79 Å². The van der Waals surface area contributed by atoms with Gasteiger partial charge in [-0.2, -0.15) is 0 Å². The summed E-state index contributed by atoms with van der Waals surface area (Å²) in [6, 6.07) is 0. The van der Waals surface area contributed by atoms with Crippen LogP contribution in [0.5, 0.6) is 0 Å². The summed E-state index contributed by atoms with van der Waals surface area (Å²) in [7, 11) is 0. The lowest BCUT2D eigenvalue weighted by Gasteiger charge is -2.04. The molecule has 0 radical (unpaired) electrons. The van der Waals surface area contributed by atoms with Crippen molar-refractivity contribution in [1.29, 1.82) is 0 Å². The van der Waals surface area contributed by atoms with E-state index in [9.17, 15) is 10.0 Å². The minimum atomic E-state index is -0.673. The lowest BCUT2D eigenvalue weighted by atomic mass is 10.6. The number of hydrogen-bond acceptors (Lipinski definition) is 6. The van der Waals surface area contributed by atoms with Crippen molar-refractivity contribution in [3.05, 3.63) is 15.8 Å². The molecule has 0 aliphatic carbocycles. The van der Waals surface area contributed by atoms with Crippen LogP contribution in [0.3, 0.4) is 0 Å². The topological polar surface area (TPSA) is 143 Å². The van der Waals surface area contributed by atoms with E-state index in [-0.39, 0.29) is 30.3 Å². The van der Waals surface area contributed by atoms with Crippen LogP contribution < -0.4 is 22.5 Å². The second-order valence-electron chi connectivity index (χ2n) is 2.49. The van der Waals surface area contributed by atoms with Crippen LogP contribution in [0.1, 0.15) is 0 Å². The van der Waals surface area contributed by atoms with E-state index in [0.717, 1.165) is 0 Å². The Balaban J connectivity index is 3.45. The van der Waals surface area contributed by atoms with Gasteiger partial charge < -0.3 is 26.8 Å². The normalized spacial score (nSPS) is 11.9. The van der Waals surface area contributed by atoms with Crippen molar-refractivity contribution in [2.75, 3.05) is 24.6 Å². The number of nitrogens with two attached hydrogens (primary N) is 2. The van der Waals surface area contributed by atoms with E-state index in [1.54, 1.807) is 0 Å². The number of hydrogen-bond donors (Lipinski definition) is 5. The summed E-state index contributed by atoms with van der Waals surface area (Å²) < 4.78 is 0.379. The number of H-pyrrole nitrogens is 1. The zero-order valence-electron chi connectivity index (χ0n) is 7.27. The Hall–Kier alpha value is -1.96. The number of nitrogens with one attached hydrogen (secondary N) is 1. The third-order valence-electron chi connectivity index (χ3n) is 1.52. The van der Waals surface area contributed by atoms with Crippen molar-refractivity contribution < 1.29 is 10.3 Å². The molecule has 8 nitrogen and oxygen atoms in total. The molecule has 0 aliphatic rings. The molecule has 0 atom stereocenters. The lowest BCUT2D eigenvalue weighted by Crippen LogP contribution is -2.39. The molecule has 0 aromatic carbocycles. The first-order valence-corrected chi connectivity index (χ1v) is 3.78. The molecule has 1 rings (SSSR count). The maximum atomic E-state index is 11.2. The van der Waals surface area contributed by atoms with Crippen molar-refractivity contribution >= 4 is 11.6 Å². The van der Waals surface area contributed by atoms with Gasteiger partial charge in [0.2, 0.25) is 5.49 Å². The van der Waals surface area contributed by atoms with Crippen molar-refractivity contribution in [2.24, 2.45) is 4.99 Å². The largest absolute Gasteiger partial charge is 0.425 e. The predicted molar refractivity (Wildman–Crippen MR) is 48.6 cm³/mol. The SMILES string of the molecule is Nc1[nH]c(=O)c(=NCCO)n(O)c1N. The van der Waals surface area contributed by atoms with Gasteiger partial charge in [0.25, 0.3) is 5.56 Å². The first-order chi connectivity index (χ1) is 6.57. The van der Waals surface area contributed by atoms with Gasteiger partial charge in [-0.05, 0) is 0 Å². The Bertz CT molecular complexity index is 446. The molecule has 7 N–H and O–H groups in total. The van der Waals surface area contributed by atoms with Gasteiger partial charge in [-0.1, -0.05) is 0 Å². The predicted octanol–water partition coefficient (Wildman–Crippen LogP) is -2.53. The van der Waals surface area contributed by atoms with Gasteiger partial charge in [-0.25, -0.2) is 0 Å². The molecular weight excluding hydrogens is 190 g/mol. The number of nitrogen functional groups attached to an aromatic ring is 2. The van der Waals surface area contributed by atoms with E-state index in [1.807, 2.05) is 0 Å². The third-order valence-corrected chi connectivity index (χ3v) is 1.52. The quantitative estimate of drug-likeness (QED) is 0.335. The first kappa shape index (κ1) is 10.1. The molecule has 0 bridgehead atoms. The fraction of sp³-hybridized carbons (Fsp3) is 0.333. The fourth-order valence-corrected chi connectivity index (χ4v) is 0.861. The van der Waals surface area contributed by atoms with Crippen molar-refractivity contribution in [1.82, 2.24) is 9.71 Å². The first-order valence-electron chi connectivity index (χ1n) is 3.78. The average Bonchev–Trinajstić information content (AvgIpc) is 2.14. The van der Waals surface area contributed by atoms with Crippen molar-refractivity contribution in [3.63, 3.8) is 0 Å². The number of rotatable bonds is 2. The molecule has 0 saturated heterocycles. The van der Waals surface area contributed by atoms with Crippen LogP contribution in [-0.4, -0.2) is 33.2 Å². The number of nitrogens with zero attached hydrogens (tertiary/aromatic N) is 2. The van der Waals surface area contributed by atoms with Crippen LogP contribution in [0.25, 0.3) is 0 Å². The maximum absolute atomic E-state index is 11.2. The highest BCUT2D eigenvalue weighted by Crippen LogP contribution is 2.01. The van der Waals surface area contributed by atoms with Gasteiger partial charge in [0.15, 0.2) is 5.82 Å². The molecule has 0 aliphatic heterocycles. The van der Waals surface area contributed by atoms with Crippen LogP contribution in [0, 0.1) is 0 Å². The van der Waals surface area contributed by atoms with Crippen molar-refractivity contribution in [3.8, 4) is 0 Å². The minimum Gasteiger partial charge on any atom is -0.425 e. The molecule has 1 aromatic rings. The molecule has 0 spiro atoms. The highest BCUT2D eigenvalue weighted by atomic mass is 16.5. The van der Waals surface area contributed by atoms with E-state index in [0.29, 0.717) is 4.73 Å². The van der Waals surface area contributed by atoms with E-state index in [4.69, 9.17) is 16.6 Å². The molecule has 78 valence electrons. The molecule has 0 saturated carbocycles. The summed E-state index contributed by atoms with van der Waals surface area (Å²) in [5, 5.41) is 17.8. The Labute approximate surface area is 78.1 Å². The number of aromatic nitrogens is 2. The summed E-state index contributed by atoms with van der Waals surface area (Å²) in [4.78, 5) is 17.0. The zero-order valence-corrected chi connectivity index (χ0v) is 7.27. The minimum absolute atomic E-state index is 0.00695. The standard InChI is InChI=1S/C6H11N5O3/c7-3-4(8)11(14)5(6(13)10-3)9-1-2-12/h12,14H,1-2,7-8H2,(H,10,13). The van der Waals surface area contributed by atoms with E-state index in [2.05, 4.69) is 9.98 Å². The maximum Gasteiger partial charge on any atom is 0.295 e. The van der Waals surface area contributed by atoms with Gasteiger partial charge in [0.05, 0.1) is 13.2 Å². The van der Waals surface area contributed by atoms with E-state index >= 15 is 0 Å². The van der Waals surface area contributed by atoms with Gasteiger partial charge >= 0.3 is 0 Å². The molecular formula is C6H11N5O3. The fourth-order valence-electron chi connectivity index (χ4n) is 0.861. The van der Waals surface area contributed by atoms with Crippen LogP contribution in [0.4, 0.5) is 11.6 Å². The Kier molecular flexibility index (Phi) is 2.77. The molecule has 0 fully saturated rings. The second-order valence-corrected chi connectivity index (χ2v) is 2.49. The van der Waals surface area contributed by atoms with Crippen LogP contribution >= 0.6 is 0 Å². The number of aliphatic hydroxyl groups is 1. The number of anilines is 2. The number of aromatic amines is 1. The zero-order chi connectivity index (χ0) is 10.7. The highest BCUT2D eigenvalue weighted by Gasteiger charge is 2.05. The molecule has 0 unspecified atom stereocenters. The van der Waals surface area contributed by atoms with Gasteiger partial charge in [0.1, 0.15) is 5.82 Å². The summed E-state index contributed by atoms with van der Waals surface area (Å²) in [5.41, 5.74) is 9.61. The molecule has 8 heteroatoms. The summed E-state index contributed by atoms with van der Waals surface area (Å²) >= 11 is 0. The van der Waals surface area contributed by atoms with Crippen molar-refractivity contribution in [2.45, 2.75) is 0 Å². The third kappa shape index (κ3) is 1.69.